The van der Waals surface area contributed by atoms with Crippen LogP contribution in [0.3, 0.4) is 0 Å². The Morgan fingerprint density at radius 3 is 2.60 bits per heavy atom. The zero-order valence-corrected chi connectivity index (χ0v) is 17.2. The number of amides is 1. The summed E-state index contributed by atoms with van der Waals surface area (Å²) in [5.74, 6) is 0.951. The van der Waals surface area contributed by atoms with Crippen molar-refractivity contribution in [2.45, 2.75) is 12.5 Å². The minimum atomic E-state index is 0.0384. The highest BCUT2D eigenvalue weighted by Gasteiger charge is 2.24. The molecule has 156 valence electrons. The molecule has 1 unspecified atom stereocenters. The number of anilines is 1. The van der Waals surface area contributed by atoms with Gasteiger partial charge in [0.2, 0.25) is 0 Å². The SMILES string of the molecule is N#CCCN1CCN(C(=O)c2ccc(N3CCNC(c4ccccc4)C3)nc2)CC1. The van der Waals surface area contributed by atoms with Crippen molar-refractivity contribution in [3.63, 3.8) is 0 Å². The van der Waals surface area contributed by atoms with Gasteiger partial charge in [-0.05, 0) is 17.7 Å². The number of carbonyl (C=O) groups is 1. The van der Waals surface area contributed by atoms with Crippen LogP contribution in [0.5, 0.6) is 0 Å². The van der Waals surface area contributed by atoms with Gasteiger partial charge in [-0.2, -0.15) is 5.26 Å². The van der Waals surface area contributed by atoms with Gasteiger partial charge in [-0.25, -0.2) is 4.98 Å². The summed E-state index contributed by atoms with van der Waals surface area (Å²) in [4.78, 5) is 23.8. The molecule has 2 aliphatic rings. The second kappa shape index (κ2) is 9.70. The molecule has 0 aliphatic carbocycles. The van der Waals surface area contributed by atoms with Gasteiger partial charge in [-0.1, -0.05) is 30.3 Å². The van der Waals surface area contributed by atoms with Crippen LogP contribution in [0.2, 0.25) is 0 Å². The van der Waals surface area contributed by atoms with Crippen molar-refractivity contribution in [2.75, 3.05) is 57.3 Å². The number of pyridine rings is 1. The van der Waals surface area contributed by atoms with Crippen molar-refractivity contribution < 1.29 is 4.79 Å². The Morgan fingerprint density at radius 2 is 1.90 bits per heavy atom. The van der Waals surface area contributed by atoms with E-state index in [4.69, 9.17) is 5.26 Å². The fourth-order valence-corrected chi connectivity index (χ4v) is 4.13. The van der Waals surface area contributed by atoms with Gasteiger partial charge in [-0.3, -0.25) is 9.69 Å². The van der Waals surface area contributed by atoms with Gasteiger partial charge in [0.05, 0.1) is 11.6 Å². The Morgan fingerprint density at radius 1 is 1.10 bits per heavy atom. The van der Waals surface area contributed by atoms with Crippen molar-refractivity contribution in [3.05, 3.63) is 59.8 Å². The topological polar surface area (TPSA) is 75.5 Å². The van der Waals surface area contributed by atoms with Gasteiger partial charge in [0.1, 0.15) is 5.82 Å². The van der Waals surface area contributed by atoms with E-state index in [1.807, 2.05) is 23.1 Å². The highest BCUT2D eigenvalue weighted by Crippen LogP contribution is 2.21. The Labute approximate surface area is 177 Å². The van der Waals surface area contributed by atoms with Gasteiger partial charge in [0.25, 0.3) is 5.91 Å². The maximum absolute atomic E-state index is 12.8. The predicted molar refractivity (Wildman–Crippen MR) is 116 cm³/mol. The molecule has 2 fully saturated rings. The number of benzene rings is 1. The van der Waals surface area contributed by atoms with E-state index in [0.29, 0.717) is 25.1 Å². The molecule has 2 aromatic rings. The highest BCUT2D eigenvalue weighted by atomic mass is 16.2. The van der Waals surface area contributed by atoms with E-state index >= 15 is 0 Å². The van der Waals surface area contributed by atoms with Crippen LogP contribution in [-0.4, -0.2) is 73.0 Å². The number of hydrogen-bond acceptors (Lipinski definition) is 6. The van der Waals surface area contributed by atoms with Crippen LogP contribution in [0.4, 0.5) is 5.82 Å². The van der Waals surface area contributed by atoms with Gasteiger partial charge < -0.3 is 15.1 Å². The van der Waals surface area contributed by atoms with E-state index in [-0.39, 0.29) is 11.9 Å². The molecule has 1 aromatic carbocycles. The van der Waals surface area contributed by atoms with Crippen LogP contribution in [0.1, 0.15) is 28.4 Å². The summed E-state index contributed by atoms with van der Waals surface area (Å²) in [5, 5.41) is 12.3. The number of nitriles is 1. The van der Waals surface area contributed by atoms with Crippen molar-refractivity contribution in [3.8, 4) is 6.07 Å². The summed E-state index contributed by atoms with van der Waals surface area (Å²) >= 11 is 0. The third-order valence-corrected chi connectivity index (χ3v) is 5.90. The lowest BCUT2D eigenvalue weighted by Crippen LogP contribution is -2.48. The van der Waals surface area contributed by atoms with E-state index < -0.39 is 0 Å². The van der Waals surface area contributed by atoms with Crippen molar-refractivity contribution in [1.82, 2.24) is 20.1 Å². The molecular weight excluding hydrogens is 376 g/mol. The van der Waals surface area contributed by atoms with Crippen LogP contribution in [0.15, 0.2) is 48.7 Å². The number of hydrogen-bond donors (Lipinski definition) is 1. The standard InChI is InChI=1S/C23H28N6O/c24-9-4-11-27-13-15-28(16-14-27)23(30)20-7-8-22(26-17-20)29-12-10-25-21(18-29)19-5-2-1-3-6-19/h1-3,5-8,17,21,25H,4,10-16,18H2. The molecule has 30 heavy (non-hydrogen) atoms. The minimum absolute atomic E-state index is 0.0384. The molecule has 1 N–H and O–H groups in total. The molecule has 1 amide bonds. The lowest BCUT2D eigenvalue weighted by molar-refractivity contribution is 0.0639. The lowest BCUT2D eigenvalue weighted by atomic mass is 10.0. The molecule has 1 aromatic heterocycles. The maximum atomic E-state index is 12.8. The molecular formula is C23H28N6O. The van der Waals surface area contributed by atoms with Crippen LogP contribution in [-0.2, 0) is 0 Å². The van der Waals surface area contributed by atoms with Gasteiger partial charge in [-0.15, -0.1) is 0 Å². The van der Waals surface area contributed by atoms with Crippen molar-refractivity contribution in [1.29, 1.82) is 5.26 Å². The Bertz CT molecular complexity index is 871. The van der Waals surface area contributed by atoms with E-state index in [2.05, 4.69) is 50.4 Å². The van der Waals surface area contributed by atoms with E-state index in [0.717, 1.165) is 45.1 Å². The molecule has 4 rings (SSSR count). The fraction of sp³-hybridized carbons (Fsp3) is 0.435. The molecule has 2 saturated heterocycles. The molecule has 0 spiro atoms. The van der Waals surface area contributed by atoms with Gasteiger partial charge >= 0.3 is 0 Å². The Hall–Kier alpha value is -2.95. The van der Waals surface area contributed by atoms with Gasteiger partial charge in [0.15, 0.2) is 0 Å². The van der Waals surface area contributed by atoms with E-state index in [9.17, 15) is 4.79 Å². The largest absolute Gasteiger partial charge is 0.353 e. The number of aromatic nitrogens is 1. The maximum Gasteiger partial charge on any atom is 0.255 e. The molecule has 3 heterocycles. The van der Waals surface area contributed by atoms with Crippen molar-refractivity contribution >= 4 is 11.7 Å². The zero-order chi connectivity index (χ0) is 20.8. The van der Waals surface area contributed by atoms with Crippen LogP contribution >= 0.6 is 0 Å². The molecule has 2 aliphatic heterocycles. The third kappa shape index (κ3) is 4.78. The molecule has 0 saturated carbocycles. The first-order chi connectivity index (χ1) is 14.7. The average molecular weight is 405 g/mol. The number of nitrogens with zero attached hydrogens (tertiary/aromatic N) is 5. The first-order valence-corrected chi connectivity index (χ1v) is 10.6. The highest BCUT2D eigenvalue weighted by molar-refractivity contribution is 5.94. The zero-order valence-electron chi connectivity index (χ0n) is 17.2. The molecule has 0 radical (unpaired) electrons. The summed E-state index contributed by atoms with van der Waals surface area (Å²) in [6.07, 6.45) is 2.25. The minimum Gasteiger partial charge on any atom is -0.353 e. The Balaban J connectivity index is 1.35. The number of rotatable bonds is 5. The monoisotopic (exact) mass is 404 g/mol. The summed E-state index contributed by atoms with van der Waals surface area (Å²) < 4.78 is 0. The molecule has 7 nitrogen and oxygen atoms in total. The first kappa shape index (κ1) is 20.3. The molecule has 1 atom stereocenters. The summed E-state index contributed by atoms with van der Waals surface area (Å²) in [6, 6.07) is 16.8. The first-order valence-electron chi connectivity index (χ1n) is 10.6. The van der Waals surface area contributed by atoms with Gasteiger partial charge in [0, 0.05) is 71.0 Å². The Kier molecular flexibility index (Phi) is 6.57. The van der Waals surface area contributed by atoms with E-state index in [1.165, 1.54) is 5.56 Å². The number of nitrogens with one attached hydrogen (secondary N) is 1. The predicted octanol–water partition coefficient (Wildman–Crippen LogP) is 1.90. The summed E-state index contributed by atoms with van der Waals surface area (Å²) in [6.45, 7) is 6.47. The quantitative estimate of drug-likeness (QED) is 0.821. The second-order valence-corrected chi connectivity index (χ2v) is 7.81. The lowest BCUT2D eigenvalue weighted by Gasteiger charge is -2.35. The van der Waals surface area contributed by atoms with Crippen LogP contribution in [0.25, 0.3) is 0 Å². The van der Waals surface area contributed by atoms with Crippen LogP contribution < -0.4 is 10.2 Å². The smallest absolute Gasteiger partial charge is 0.255 e. The fourth-order valence-electron chi connectivity index (χ4n) is 4.13. The van der Waals surface area contributed by atoms with Crippen molar-refractivity contribution in [2.24, 2.45) is 0 Å². The third-order valence-electron chi connectivity index (χ3n) is 5.90. The number of piperazine rings is 2. The number of carbonyl (C=O) groups excluding carboxylic acids is 1. The second-order valence-electron chi connectivity index (χ2n) is 7.81. The molecule has 7 heteroatoms. The summed E-state index contributed by atoms with van der Waals surface area (Å²) in [7, 11) is 0. The normalized spacial score (nSPS) is 20.0. The van der Waals surface area contributed by atoms with E-state index in [1.54, 1.807) is 6.20 Å². The van der Waals surface area contributed by atoms with Crippen LogP contribution in [0, 0.1) is 11.3 Å². The summed E-state index contributed by atoms with van der Waals surface area (Å²) in [5.41, 5.74) is 1.92. The molecule has 0 bridgehead atoms. The average Bonchev–Trinajstić information content (AvgIpc) is 2.83.